The van der Waals surface area contributed by atoms with E-state index in [1.54, 1.807) is 42.8 Å². The van der Waals surface area contributed by atoms with Gasteiger partial charge in [-0.3, -0.25) is 38.6 Å². The number of carbonyl (C=O) groups excluding carboxylic acids is 6. The van der Waals surface area contributed by atoms with Crippen molar-refractivity contribution in [2.45, 2.75) is 55.9 Å². The van der Waals surface area contributed by atoms with Crippen molar-refractivity contribution in [3.05, 3.63) is 7.11 Å². The van der Waals surface area contributed by atoms with Crippen LogP contribution in [0.3, 0.4) is 0 Å². The van der Waals surface area contributed by atoms with Crippen LogP contribution in [0, 0.1) is 7.11 Å². The predicted molar refractivity (Wildman–Crippen MR) is 222 cm³/mol. The van der Waals surface area contributed by atoms with Crippen molar-refractivity contribution < 1.29 is 92.8 Å². The number of esters is 6. The van der Waals surface area contributed by atoms with Crippen LogP contribution >= 0.6 is 61.2 Å². The zero-order valence-electron chi connectivity index (χ0n) is 31.2. The van der Waals surface area contributed by atoms with E-state index in [0.717, 1.165) is 6.67 Å². The molecule has 0 heterocycles. The van der Waals surface area contributed by atoms with Gasteiger partial charge in [0.2, 0.25) is 0 Å². The number of hydrogen-bond donors (Lipinski definition) is 3. The van der Waals surface area contributed by atoms with Gasteiger partial charge in [-0.15, -0.1) is 24.0 Å². The van der Waals surface area contributed by atoms with E-state index in [2.05, 4.69) is 79.7 Å². The Morgan fingerprint density at radius 1 is 0.640 bits per heavy atom. The Morgan fingerprint density at radius 3 is 0.980 bits per heavy atom. The van der Waals surface area contributed by atoms with Crippen molar-refractivity contribution in [2.24, 2.45) is 5.73 Å². The second kappa shape index (κ2) is 63.9. The molecule has 0 aromatic carbocycles. The summed E-state index contributed by atoms with van der Waals surface area (Å²) < 4.78 is 27.1. The van der Waals surface area contributed by atoms with E-state index in [9.17, 15) is 28.8 Å². The smallest absolute Gasteiger partial charge is 0.303 e. The maximum Gasteiger partial charge on any atom is 0.303 e. The van der Waals surface area contributed by atoms with E-state index in [-0.39, 0.29) is 130 Å². The van der Waals surface area contributed by atoms with E-state index in [4.69, 9.17) is 9.47 Å². The van der Waals surface area contributed by atoms with Crippen LogP contribution in [0.1, 0.15) is 58.7 Å². The number of halogens is 3. The summed E-state index contributed by atoms with van der Waals surface area (Å²) in [5.74, 6) is -1.91. The normalized spacial score (nSPS) is 8.16. The van der Waals surface area contributed by atoms with Crippen molar-refractivity contribution in [3.8, 4) is 0 Å². The summed E-state index contributed by atoms with van der Waals surface area (Å²) in [6.45, 7) is 12.4. The largest absolute Gasteiger partial charge is 0.640 e. The first-order valence-electron chi connectivity index (χ1n) is 13.6. The number of rotatable bonds is 13. The van der Waals surface area contributed by atoms with Crippen molar-refractivity contribution in [3.63, 3.8) is 0 Å². The fourth-order valence-electron chi connectivity index (χ4n) is 1.72. The molecule has 0 aromatic rings. The molecule has 0 saturated carbocycles. The van der Waals surface area contributed by atoms with E-state index in [1.807, 2.05) is 14.1 Å². The summed E-state index contributed by atoms with van der Waals surface area (Å²) in [4.78, 5) is 66.2. The molecular formula is C28H68I3N6O12Y-. The monoisotopic (exact) mass is 1150 g/mol. The van der Waals surface area contributed by atoms with Crippen LogP contribution in [-0.4, -0.2) is 140 Å². The third-order valence-corrected chi connectivity index (χ3v) is 3.34. The Kier molecular flexibility index (Phi) is 95.7. The van der Waals surface area contributed by atoms with Gasteiger partial charge in [-0.05, 0) is 49.2 Å². The van der Waals surface area contributed by atoms with Gasteiger partial charge in [0.05, 0.1) is 13.3 Å². The van der Waals surface area contributed by atoms with E-state index >= 15 is 0 Å². The van der Waals surface area contributed by atoms with Gasteiger partial charge >= 0.3 is 29.8 Å². The number of carbonyl (C=O) groups is 6. The first-order valence-corrected chi connectivity index (χ1v) is 19.8. The van der Waals surface area contributed by atoms with E-state index < -0.39 is 0 Å². The van der Waals surface area contributed by atoms with Crippen molar-refractivity contribution in [2.75, 3.05) is 89.2 Å². The summed E-state index contributed by atoms with van der Waals surface area (Å²) >= 11 is 4.24. The molecule has 18 nitrogen and oxygen atoms in total. The fraction of sp³-hybridized carbons (Fsp3) is 0.750. The number of nitrogens with one attached hydrogen (secondary N) is 2. The molecule has 0 aliphatic carbocycles. The molecule has 0 unspecified atom stereocenters. The molecule has 0 rings (SSSR count). The minimum absolute atomic E-state index is 0. The Bertz CT molecular complexity index is 739. The van der Waals surface area contributed by atoms with Gasteiger partial charge < -0.3 is 44.8 Å². The molecule has 0 aliphatic heterocycles. The summed E-state index contributed by atoms with van der Waals surface area (Å²) in [5, 5.41) is 5.81. The zero-order chi connectivity index (χ0) is 38.8. The minimum atomic E-state index is -0.357. The summed E-state index contributed by atoms with van der Waals surface area (Å²) in [6.07, 6.45) is 0. The minimum Gasteiger partial charge on any atom is -0.640 e. The molecule has 0 atom stereocenters. The van der Waals surface area contributed by atoms with Gasteiger partial charge in [0.15, 0.2) is 0 Å². The van der Waals surface area contributed by atoms with Crippen molar-refractivity contribution in [1.29, 1.82) is 0 Å². The first kappa shape index (κ1) is 74.9. The van der Waals surface area contributed by atoms with Crippen LogP contribution in [0.25, 0.3) is 0 Å². The Hall–Kier alpha value is -0.126. The molecule has 4 N–H and O–H groups in total. The molecule has 0 aliphatic rings. The Labute approximate surface area is 369 Å². The number of hydrogen-bond acceptors (Lipinski definition) is 18. The topological polar surface area (TPSA) is 218 Å². The Morgan fingerprint density at radius 2 is 0.860 bits per heavy atom. The molecule has 50 heavy (non-hydrogen) atoms. The van der Waals surface area contributed by atoms with Gasteiger partial charge in [0.25, 0.3) is 5.97 Å². The number of nitrogens with two attached hydrogens (primary N) is 1. The molecule has 0 spiro atoms. The summed E-state index contributed by atoms with van der Waals surface area (Å²) in [7, 11) is 13.4. The van der Waals surface area contributed by atoms with Crippen LogP contribution in [0.4, 0.5) is 0 Å². The van der Waals surface area contributed by atoms with Crippen LogP contribution in [0.2, 0.25) is 0 Å². The van der Waals surface area contributed by atoms with Gasteiger partial charge in [0.1, 0.15) is 26.9 Å². The van der Waals surface area contributed by atoms with Gasteiger partial charge in [-0.2, -0.15) is 7.11 Å². The van der Waals surface area contributed by atoms with Crippen molar-refractivity contribution >= 4 is 97.0 Å². The number of ether oxygens (including phenoxy) is 6. The van der Waals surface area contributed by atoms with Crippen LogP contribution in [0.15, 0.2) is 0 Å². The fourth-order valence-corrected chi connectivity index (χ4v) is 1.72. The van der Waals surface area contributed by atoms with Crippen LogP contribution < -0.4 is 16.4 Å². The van der Waals surface area contributed by atoms with E-state index in [0.29, 0.717) is 13.3 Å². The first-order chi connectivity index (χ1) is 21.9. The Balaban J connectivity index is -0.0000000389. The molecule has 0 amide bonds. The third kappa shape index (κ3) is 110. The number of nitrogens with zero attached hydrogens (tertiary/aromatic N) is 3. The van der Waals surface area contributed by atoms with Crippen molar-refractivity contribution in [1.82, 2.24) is 25.3 Å². The second-order valence-corrected chi connectivity index (χ2v) is 8.21. The van der Waals surface area contributed by atoms with E-state index in [1.165, 1.54) is 48.6 Å². The molecule has 0 fully saturated rings. The second-order valence-electron chi connectivity index (χ2n) is 8.21. The van der Waals surface area contributed by atoms with Gasteiger partial charge in [-0.1, -0.05) is 7.43 Å². The van der Waals surface area contributed by atoms with Crippen LogP contribution in [-0.2, 0) is 89.9 Å². The molecule has 0 saturated heterocycles. The maximum atomic E-state index is 10.5. The maximum absolute atomic E-state index is 10.5. The third-order valence-electron chi connectivity index (χ3n) is 3.34. The molecule has 22 heteroatoms. The predicted octanol–water partition coefficient (Wildman–Crippen LogP) is 3.19. The molecular weight excluding hydrogens is 1080 g/mol. The van der Waals surface area contributed by atoms with Gasteiger partial charge in [0, 0.05) is 121 Å². The molecule has 0 bridgehead atoms. The van der Waals surface area contributed by atoms with Gasteiger partial charge in [-0.25, -0.2) is 4.90 Å². The SMILES string of the molecule is C.CC(=O)OCN(C)CN(C)COC(C)=O.CC(=O)OCN(C)COC(C)=O.CCOC(C)=O.CN.CNCNC.I.II.[2HH].[CH2-]OC(C)=O.[HH].[Y]. The summed E-state index contributed by atoms with van der Waals surface area (Å²) in [5.41, 5.74) is 4.50. The molecule has 1 radical (unpaired) electrons. The molecule has 0 aromatic heterocycles. The quantitative estimate of drug-likeness (QED) is 0.0794. The van der Waals surface area contributed by atoms with Crippen LogP contribution in [0.5, 0.6) is 0 Å². The average molecular weight is 1150 g/mol. The zero-order valence-corrected chi connectivity index (χ0v) is 40.7. The standard InChI is InChI=1S/C9H18N2O4.C7H13NO4.C4H8O2.C3H10N2.C3H5O2.CH5N.CH4.I2.HI.Y.2H2/c1-8(12)14-6-10(3)5-11(4)7-15-9(2)13;1-6(9)11-4-8(3)5-12-7(2)10;1-3-6-4(2)5;1-4-3-5-2;1-3(4)5-2;1-2;;1-2;;;;/h5-7H2,1-4H3;4-5H2,1-3H3;3H2,1-2H3;4-5H,3H2,1-2H3;2H2,1H3;2H2,1H3;1H4;;1H;;2*1H/q;;;;-1;;;;;;;/i;;;;;;;;;;1+1;. The summed E-state index contributed by atoms with van der Waals surface area (Å²) in [6, 6.07) is 0. The molecule has 307 valence electrons. The average Bonchev–Trinajstić information content (AvgIpc) is 3.00.